The van der Waals surface area contributed by atoms with Crippen LogP contribution in [0.25, 0.3) is 0 Å². The molecule has 1 N–H and O–H groups in total. The van der Waals surface area contributed by atoms with Crippen LogP contribution in [0.1, 0.15) is 32.8 Å². The van der Waals surface area contributed by atoms with Crippen LogP contribution in [0.4, 0.5) is 13.6 Å². The molecular weight excluding hydrogens is 360 g/mol. The lowest BCUT2D eigenvalue weighted by Crippen LogP contribution is -2.48. The summed E-state index contributed by atoms with van der Waals surface area (Å²) in [6, 6.07) is 1.95. The minimum absolute atomic E-state index is 0.0827. The van der Waals surface area contributed by atoms with Crippen LogP contribution in [0.2, 0.25) is 0 Å². The van der Waals surface area contributed by atoms with Gasteiger partial charge < -0.3 is 10.1 Å². The number of nitrogens with one attached hydrogen (secondary N) is 1. The molecule has 1 aromatic rings. The summed E-state index contributed by atoms with van der Waals surface area (Å²) < 4.78 is 32.7. The summed E-state index contributed by atoms with van der Waals surface area (Å²) >= 11 is 0. The van der Waals surface area contributed by atoms with Crippen LogP contribution in [0.3, 0.4) is 0 Å². The van der Waals surface area contributed by atoms with Crippen LogP contribution in [-0.2, 0) is 20.7 Å². The van der Waals surface area contributed by atoms with Gasteiger partial charge in [0.2, 0.25) is 5.91 Å². The molecule has 1 unspecified atom stereocenters. The number of amides is 2. The number of ketones is 1. The first-order valence-electron chi connectivity index (χ1n) is 8.53. The van der Waals surface area contributed by atoms with Gasteiger partial charge in [0, 0.05) is 25.2 Å². The lowest BCUT2D eigenvalue weighted by atomic mass is 10.1. The zero-order valence-corrected chi connectivity index (χ0v) is 15.5. The lowest BCUT2D eigenvalue weighted by Gasteiger charge is -2.27. The minimum Gasteiger partial charge on any atom is -0.444 e. The number of ether oxygens (including phenoxy) is 1. The van der Waals surface area contributed by atoms with Gasteiger partial charge in [-0.1, -0.05) is 0 Å². The highest BCUT2D eigenvalue weighted by Crippen LogP contribution is 2.33. The predicted octanol–water partition coefficient (Wildman–Crippen LogP) is 1.95. The molecule has 2 heterocycles. The maximum atomic E-state index is 13.8. The molecule has 1 saturated heterocycles. The van der Waals surface area contributed by atoms with Crippen molar-refractivity contribution < 1.29 is 27.9 Å². The number of pyridine rings is 1. The van der Waals surface area contributed by atoms with Gasteiger partial charge in [0.15, 0.2) is 5.78 Å². The van der Waals surface area contributed by atoms with Gasteiger partial charge in [-0.05, 0) is 38.5 Å². The second-order valence-electron chi connectivity index (χ2n) is 7.47. The Morgan fingerprint density at radius 1 is 1.30 bits per heavy atom. The molecule has 9 heteroatoms. The summed E-state index contributed by atoms with van der Waals surface area (Å²) in [5.41, 5.74) is -0.150. The second-order valence-corrected chi connectivity index (χ2v) is 7.47. The van der Waals surface area contributed by atoms with Gasteiger partial charge in [-0.25, -0.2) is 13.6 Å². The van der Waals surface area contributed by atoms with Gasteiger partial charge in [-0.2, -0.15) is 0 Å². The molecule has 148 valence electrons. The fourth-order valence-corrected chi connectivity index (χ4v) is 2.66. The number of alkyl halides is 2. The Morgan fingerprint density at radius 3 is 2.52 bits per heavy atom. The number of halogens is 2. The van der Waals surface area contributed by atoms with Crippen LogP contribution < -0.4 is 5.32 Å². The SMILES string of the molecule is CC(C)(C)OC(=O)N1CC(F)(F)CC1C(=O)NCC(=O)Cc1ccncc1. The number of Topliss-reactive ketones (excluding diaryl/α,β-unsaturated/α-hetero) is 1. The number of aromatic nitrogens is 1. The van der Waals surface area contributed by atoms with E-state index < -0.39 is 42.5 Å². The summed E-state index contributed by atoms with van der Waals surface area (Å²) in [4.78, 5) is 41.0. The number of nitrogens with zero attached hydrogens (tertiary/aromatic N) is 2. The van der Waals surface area contributed by atoms with Crippen molar-refractivity contribution in [3.63, 3.8) is 0 Å². The summed E-state index contributed by atoms with van der Waals surface area (Å²) in [5, 5.41) is 2.34. The maximum absolute atomic E-state index is 13.8. The van der Waals surface area contributed by atoms with Crippen molar-refractivity contribution in [1.29, 1.82) is 0 Å². The Bertz CT molecular complexity index is 704. The van der Waals surface area contributed by atoms with E-state index >= 15 is 0 Å². The quantitative estimate of drug-likeness (QED) is 0.840. The molecule has 1 aromatic heterocycles. The molecule has 1 atom stereocenters. The van der Waals surface area contributed by atoms with Gasteiger partial charge in [0.05, 0.1) is 13.1 Å². The number of carbonyl (C=O) groups is 3. The van der Waals surface area contributed by atoms with Crippen molar-refractivity contribution in [2.45, 2.75) is 51.2 Å². The fourth-order valence-electron chi connectivity index (χ4n) is 2.66. The normalized spacial score (nSPS) is 18.9. The first kappa shape index (κ1) is 20.7. The molecule has 7 nitrogen and oxygen atoms in total. The highest BCUT2D eigenvalue weighted by atomic mass is 19.3. The molecule has 0 radical (unpaired) electrons. The van der Waals surface area contributed by atoms with Gasteiger partial charge in [0.1, 0.15) is 11.6 Å². The van der Waals surface area contributed by atoms with Crippen LogP contribution in [0, 0.1) is 0 Å². The zero-order chi connectivity index (χ0) is 20.2. The third kappa shape index (κ3) is 6.26. The Labute approximate surface area is 156 Å². The molecular formula is C18H23F2N3O4. The van der Waals surface area contributed by atoms with Gasteiger partial charge in [-0.15, -0.1) is 0 Å². The van der Waals surface area contributed by atoms with E-state index in [2.05, 4.69) is 10.3 Å². The second kappa shape index (κ2) is 7.98. The van der Waals surface area contributed by atoms with Crippen molar-refractivity contribution in [2.75, 3.05) is 13.1 Å². The Morgan fingerprint density at radius 2 is 1.93 bits per heavy atom. The summed E-state index contributed by atoms with van der Waals surface area (Å²) in [6.45, 7) is 3.60. The first-order chi connectivity index (χ1) is 12.5. The van der Waals surface area contributed by atoms with Gasteiger partial charge >= 0.3 is 6.09 Å². The van der Waals surface area contributed by atoms with Crippen LogP contribution in [-0.4, -0.2) is 58.3 Å². The van der Waals surface area contributed by atoms with E-state index in [9.17, 15) is 23.2 Å². The van der Waals surface area contributed by atoms with Crippen LogP contribution in [0.15, 0.2) is 24.5 Å². The van der Waals surface area contributed by atoms with E-state index in [4.69, 9.17) is 4.74 Å². The molecule has 0 aromatic carbocycles. The van der Waals surface area contributed by atoms with Gasteiger partial charge in [0.25, 0.3) is 5.92 Å². The molecule has 0 spiro atoms. The molecule has 2 amide bonds. The molecule has 2 rings (SSSR count). The van der Waals surface area contributed by atoms with E-state index in [0.717, 1.165) is 5.56 Å². The molecule has 27 heavy (non-hydrogen) atoms. The number of hydrogen-bond donors (Lipinski definition) is 1. The fraction of sp³-hybridized carbons (Fsp3) is 0.556. The monoisotopic (exact) mass is 383 g/mol. The van der Waals surface area contributed by atoms with E-state index in [1.807, 2.05) is 0 Å². The van der Waals surface area contributed by atoms with Crippen molar-refractivity contribution in [3.8, 4) is 0 Å². The average Bonchev–Trinajstić information content (AvgIpc) is 2.88. The highest BCUT2D eigenvalue weighted by Gasteiger charge is 2.51. The van der Waals surface area contributed by atoms with Crippen LogP contribution >= 0.6 is 0 Å². The van der Waals surface area contributed by atoms with E-state index in [0.29, 0.717) is 4.90 Å². The minimum atomic E-state index is -3.19. The topological polar surface area (TPSA) is 88.6 Å². The van der Waals surface area contributed by atoms with Crippen molar-refractivity contribution in [2.24, 2.45) is 0 Å². The Hall–Kier alpha value is -2.58. The van der Waals surface area contributed by atoms with Crippen molar-refractivity contribution in [3.05, 3.63) is 30.1 Å². The number of hydrogen-bond acceptors (Lipinski definition) is 5. The number of likely N-dealkylation sites (tertiary alicyclic amines) is 1. The summed E-state index contributed by atoms with van der Waals surface area (Å²) in [7, 11) is 0. The molecule has 1 aliphatic heterocycles. The standard InChI is InChI=1S/C18H23F2N3O4/c1-17(2,3)27-16(26)23-11-18(19,20)9-14(23)15(25)22-10-13(24)8-12-4-6-21-7-5-12/h4-7,14H,8-11H2,1-3H3,(H,22,25). The molecule has 1 fully saturated rings. The molecule has 1 aliphatic rings. The van der Waals surface area contributed by atoms with Crippen molar-refractivity contribution >= 4 is 17.8 Å². The third-order valence-corrected chi connectivity index (χ3v) is 3.81. The first-order valence-corrected chi connectivity index (χ1v) is 8.53. The van der Waals surface area contributed by atoms with E-state index in [1.165, 1.54) is 0 Å². The zero-order valence-electron chi connectivity index (χ0n) is 15.5. The number of carbonyl (C=O) groups excluding carboxylic acids is 3. The lowest BCUT2D eigenvalue weighted by molar-refractivity contribution is -0.128. The maximum Gasteiger partial charge on any atom is 0.411 e. The summed E-state index contributed by atoms with van der Waals surface area (Å²) in [5.74, 6) is -4.29. The van der Waals surface area contributed by atoms with Gasteiger partial charge in [-0.3, -0.25) is 19.5 Å². The molecule has 0 bridgehead atoms. The third-order valence-electron chi connectivity index (χ3n) is 3.81. The molecule has 0 saturated carbocycles. The smallest absolute Gasteiger partial charge is 0.411 e. The Kier molecular flexibility index (Phi) is 6.12. The van der Waals surface area contributed by atoms with Crippen LogP contribution in [0.5, 0.6) is 0 Å². The average molecular weight is 383 g/mol. The molecule has 0 aliphatic carbocycles. The highest BCUT2D eigenvalue weighted by molar-refractivity contribution is 5.91. The number of rotatable bonds is 5. The predicted molar refractivity (Wildman–Crippen MR) is 92.2 cm³/mol. The van der Waals surface area contributed by atoms with E-state index in [1.54, 1.807) is 45.3 Å². The largest absolute Gasteiger partial charge is 0.444 e. The summed E-state index contributed by atoms with van der Waals surface area (Å²) in [6.07, 6.45) is 1.37. The van der Waals surface area contributed by atoms with Crippen molar-refractivity contribution in [1.82, 2.24) is 15.2 Å². The van der Waals surface area contributed by atoms with E-state index in [-0.39, 0.29) is 18.7 Å². The Balaban J connectivity index is 1.96.